The van der Waals surface area contributed by atoms with Gasteiger partial charge in [-0.3, -0.25) is 0 Å². The lowest BCUT2D eigenvalue weighted by Crippen LogP contribution is -2.48. The van der Waals surface area contributed by atoms with Gasteiger partial charge in [0.25, 0.3) is 0 Å². The number of hydrogen-bond acceptors (Lipinski definition) is 3. The van der Waals surface area contributed by atoms with Gasteiger partial charge >= 0.3 is 0 Å². The van der Waals surface area contributed by atoms with Crippen LogP contribution >= 0.6 is 0 Å². The minimum atomic E-state index is 0.730. The molecule has 0 aromatic carbocycles. The van der Waals surface area contributed by atoms with Gasteiger partial charge in [-0.15, -0.1) is 0 Å². The van der Waals surface area contributed by atoms with Crippen molar-refractivity contribution in [3.8, 4) is 0 Å². The Bertz CT molecular complexity index is 173. The van der Waals surface area contributed by atoms with Gasteiger partial charge in [-0.1, -0.05) is 13.8 Å². The molecule has 1 N–H and O–H groups in total. The lowest BCUT2D eigenvalue weighted by atomic mass is 9.94. The van der Waals surface area contributed by atoms with Crippen LogP contribution in [-0.4, -0.2) is 50.3 Å². The van der Waals surface area contributed by atoms with Crippen molar-refractivity contribution in [1.82, 2.24) is 10.2 Å². The first-order valence-corrected chi connectivity index (χ1v) is 6.81. The van der Waals surface area contributed by atoms with Crippen molar-refractivity contribution in [2.24, 2.45) is 5.92 Å². The molecule has 1 heterocycles. The molecule has 96 valence electrons. The van der Waals surface area contributed by atoms with E-state index in [1.165, 1.54) is 32.5 Å². The van der Waals surface area contributed by atoms with Crippen molar-refractivity contribution in [3.63, 3.8) is 0 Å². The van der Waals surface area contributed by atoms with Crippen molar-refractivity contribution in [2.75, 3.05) is 39.4 Å². The Hall–Kier alpha value is -0.120. The van der Waals surface area contributed by atoms with Crippen LogP contribution in [0.2, 0.25) is 0 Å². The number of nitrogens with zero attached hydrogens (tertiary/aromatic N) is 1. The van der Waals surface area contributed by atoms with Crippen molar-refractivity contribution in [1.29, 1.82) is 0 Å². The minimum absolute atomic E-state index is 0.730. The number of nitrogens with one attached hydrogen (secondary N) is 1. The molecule has 16 heavy (non-hydrogen) atoms. The van der Waals surface area contributed by atoms with Gasteiger partial charge in [0.05, 0.1) is 0 Å². The van der Waals surface area contributed by atoms with E-state index in [2.05, 4.69) is 31.0 Å². The maximum absolute atomic E-state index is 5.37. The predicted octanol–water partition coefficient (Wildman–Crippen LogP) is 1.73. The second-order valence-electron chi connectivity index (χ2n) is 4.78. The van der Waals surface area contributed by atoms with Crippen LogP contribution in [0.15, 0.2) is 0 Å². The molecule has 0 amide bonds. The molecule has 0 aromatic rings. The fourth-order valence-corrected chi connectivity index (χ4v) is 2.54. The van der Waals surface area contributed by atoms with E-state index in [4.69, 9.17) is 4.74 Å². The third-order valence-electron chi connectivity index (χ3n) is 3.42. The largest absolute Gasteiger partial charge is 0.382 e. The normalized spacial score (nSPS) is 27.2. The van der Waals surface area contributed by atoms with Gasteiger partial charge in [0.1, 0.15) is 0 Å². The summed E-state index contributed by atoms with van der Waals surface area (Å²) >= 11 is 0. The van der Waals surface area contributed by atoms with Crippen LogP contribution in [0.3, 0.4) is 0 Å². The topological polar surface area (TPSA) is 24.5 Å². The molecule has 1 aliphatic heterocycles. The molecule has 2 unspecified atom stereocenters. The van der Waals surface area contributed by atoms with Crippen LogP contribution < -0.4 is 5.32 Å². The third kappa shape index (κ3) is 4.81. The fraction of sp³-hybridized carbons (Fsp3) is 1.00. The lowest BCUT2D eigenvalue weighted by Gasteiger charge is -2.37. The van der Waals surface area contributed by atoms with E-state index >= 15 is 0 Å². The zero-order valence-electron chi connectivity index (χ0n) is 11.2. The molecule has 1 rings (SSSR count). The molecular formula is C13H28N2O. The van der Waals surface area contributed by atoms with E-state index in [1.54, 1.807) is 0 Å². The van der Waals surface area contributed by atoms with Crippen LogP contribution in [0.25, 0.3) is 0 Å². The van der Waals surface area contributed by atoms with E-state index in [9.17, 15) is 0 Å². The van der Waals surface area contributed by atoms with Gasteiger partial charge in [-0.05, 0) is 38.8 Å². The zero-order chi connectivity index (χ0) is 11.8. The Balaban J connectivity index is 2.13. The van der Waals surface area contributed by atoms with E-state index in [0.29, 0.717) is 0 Å². The molecule has 0 saturated carbocycles. The Kier molecular flexibility index (Phi) is 7.01. The molecule has 0 aliphatic carbocycles. The van der Waals surface area contributed by atoms with Crippen LogP contribution in [0.5, 0.6) is 0 Å². The highest BCUT2D eigenvalue weighted by Gasteiger charge is 2.24. The molecule has 3 heteroatoms. The minimum Gasteiger partial charge on any atom is -0.382 e. The molecule has 0 aromatic heterocycles. The Labute approximate surface area is 101 Å². The Morgan fingerprint density at radius 3 is 2.81 bits per heavy atom. The second kappa shape index (κ2) is 8.04. The van der Waals surface area contributed by atoms with Gasteiger partial charge in [0, 0.05) is 32.3 Å². The molecule has 0 spiro atoms. The van der Waals surface area contributed by atoms with E-state index in [0.717, 1.165) is 31.7 Å². The number of ether oxygens (including phenoxy) is 1. The third-order valence-corrected chi connectivity index (χ3v) is 3.42. The average Bonchev–Trinajstić information content (AvgIpc) is 2.28. The van der Waals surface area contributed by atoms with E-state index in [1.807, 2.05) is 0 Å². The molecule has 0 bridgehead atoms. The molecule has 1 saturated heterocycles. The average molecular weight is 228 g/mol. The summed E-state index contributed by atoms with van der Waals surface area (Å²) in [7, 11) is 0. The summed E-state index contributed by atoms with van der Waals surface area (Å²) < 4.78 is 5.37. The van der Waals surface area contributed by atoms with Crippen molar-refractivity contribution < 1.29 is 4.74 Å². The number of rotatable bonds is 7. The standard InChI is InChI=1S/C13H28N2O/c1-4-14-13-7-9-15(11-12(13)3)8-6-10-16-5-2/h12-14H,4-11H2,1-3H3. The smallest absolute Gasteiger partial charge is 0.0478 e. The first-order valence-electron chi connectivity index (χ1n) is 6.81. The monoisotopic (exact) mass is 228 g/mol. The van der Waals surface area contributed by atoms with Crippen LogP contribution in [0.4, 0.5) is 0 Å². The SMILES string of the molecule is CCNC1CCN(CCCOCC)CC1C. The summed E-state index contributed by atoms with van der Waals surface area (Å²) in [6, 6.07) is 0.730. The molecule has 0 radical (unpaired) electrons. The Morgan fingerprint density at radius 1 is 1.38 bits per heavy atom. The van der Waals surface area contributed by atoms with Gasteiger partial charge in [0.15, 0.2) is 0 Å². The van der Waals surface area contributed by atoms with Gasteiger partial charge in [0.2, 0.25) is 0 Å². The summed E-state index contributed by atoms with van der Waals surface area (Å²) in [6.45, 7) is 13.2. The van der Waals surface area contributed by atoms with E-state index < -0.39 is 0 Å². The maximum atomic E-state index is 5.37. The summed E-state index contributed by atoms with van der Waals surface area (Å²) in [6.07, 6.45) is 2.47. The quantitative estimate of drug-likeness (QED) is 0.672. The predicted molar refractivity (Wildman–Crippen MR) is 68.8 cm³/mol. The molecule has 1 aliphatic rings. The maximum Gasteiger partial charge on any atom is 0.0478 e. The molecule has 3 nitrogen and oxygen atoms in total. The zero-order valence-corrected chi connectivity index (χ0v) is 11.2. The number of hydrogen-bond donors (Lipinski definition) is 1. The van der Waals surface area contributed by atoms with Crippen molar-refractivity contribution >= 4 is 0 Å². The van der Waals surface area contributed by atoms with Crippen molar-refractivity contribution in [2.45, 2.75) is 39.7 Å². The highest BCUT2D eigenvalue weighted by atomic mass is 16.5. The van der Waals surface area contributed by atoms with Gasteiger partial charge in [-0.25, -0.2) is 0 Å². The van der Waals surface area contributed by atoms with Gasteiger partial charge < -0.3 is 15.0 Å². The first-order chi connectivity index (χ1) is 7.77. The van der Waals surface area contributed by atoms with E-state index in [-0.39, 0.29) is 0 Å². The first kappa shape index (κ1) is 13.9. The highest BCUT2D eigenvalue weighted by molar-refractivity contribution is 4.82. The molecular weight excluding hydrogens is 200 g/mol. The van der Waals surface area contributed by atoms with Crippen molar-refractivity contribution in [3.05, 3.63) is 0 Å². The van der Waals surface area contributed by atoms with Gasteiger partial charge in [-0.2, -0.15) is 0 Å². The van der Waals surface area contributed by atoms with Crippen LogP contribution in [-0.2, 0) is 4.74 Å². The summed E-state index contributed by atoms with van der Waals surface area (Å²) in [5.41, 5.74) is 0. The highest BCUT2D eigenvalue weighted by Crippen LogP contribution is 2.16. The summed E-state index contributed by atoms with van der Waals surface area (Å²) in [5.74, 6) is 0.779. The lowest BCUT2D eigenvalue weighted by molar-refractivity contribution is 0.109. The Morgan fingerprint density at radius 2 is 2.19 bits per heavy atom. The number of likely N-dealkylation sites (tertiary alicyclic amines) is 1. The molecule has 2 atom stereocenters. The molecule has 1 fully saturated rings. The number of piperidine rings is 1. The fourth-order valence-electron chi connectivity index (χ4n) is 2.54. The summed E-state index contributed by atoms with van der Waals surface area (Å²) in [4.78, 5) is 2.58. The summed E-state index contributed by atoms with van der Waals surface area (Å²) in [5, 5.41) is 3.58. The van der Waals surface area contributed by atoms with Crippen LogP contribution in [0.1, 0.15) is 33.6 Å². The van der Waals surface area contributed by atoms with Crippen LogP contribution in [0, 0.1) is 5.92 Å². The second-order valence-corrected chi connectivity index (χ2v) is 4.78.